The maximum atomic E-state index is 12.5. The molecule has 0 aliphatic carbocycles. The van der Waals surface area contributed by atoms with Gasteiger partial charge in [0.1, 0.15) is 0 Å². The van der Waals surface area contributed by atoms with E-state index < -0.39 is 0 Å². The molecule has 0 bridgehead atoms. The van der Waals surface area contributed by atoms with E-state index in [9.17, 15) is 4.79 Å². The molecular weight excluding hydrogens is 374 g/mol. The van der Waals surface area contributed by atoms with Gasteiger partial charge in [-0.1, -0.05) is 30.3 Å². The number of hydrogen-bond donors (Lipinski definition) is 1. The van der Waals surface area contributed by atoms with Crippen molar-refractivity contribution >= 4 is 11.9 Å². The van der Waals surface area contributed by atoms with Crippen LogP contribution in [0.1, 0.15) is 56.3 Å². The van der Waals surface area contributed by atoms with Gasteiger partial charge in [-0.15, -0.1) is 0 Å². The van der Waals surface area contributed by atoms with Crippen molar-refractivity contribution in [2.75, 3.05) is 31.1 Å². The van der Waals surface area contributed by atoms with Crippen LogP contribution in [0, 0.1) is 5.92 Å². The molecule has 160 valence electrons. The number of nitrogens with zero attached hydrogens (tertiary/aromatic N) is 4. The Morgan fingerprint density at radius 1 is 1.10 bits per heavy atom. The molecule has 1 atom stereocenters. The van der Waals surface area contributed by atoms with Gasteiger partial charge in [0, 0.05) is 32.3 Å². The van der Waals surface area contributed by atoms with Crippen molar-refractivity contribution in [3.05, 3.63) is 53.9 Å². The van der Waals surface area contributed by atoms with Crippen molar-refractivity contribution in [1.29, 1.82) is 0 Å². The highest BCUT2D eigenvalue weighted by molar-refractivity contribution is 5.76. The van der Waals surface area contributed by atoms with Crippen LogP contribution in [0.25, 0.3) is 0 Å². The summed E-state index contributed by atoms with van der Waals surface area (Å²) in [5.41, 5.74) is 2.25. The zero-order chi connectivity index (χ0) is 20.8. The van der Waals surface area contributed by atoms with Crippen molar-refractivity contribution in [1.82, 2.24) is 20.2 Å². The van der Waals surface area contributed by atoms with E-state index in [-0.39, 0.29) is 11.9 Å². The number of likely N-dealkylation sites (tertiary alicyclic amines) is 1. The maximum absolute atomic E-state index is 12.5. The van der Waals surface area contributed by atoms with E-state index in [2.05, 4.69) is 32.2 Å². The Morgan fingerprint density at radius 2 is 1.83 bits per heavy atom. The Morgan fingerprint density at radius 3 is 2.57 bits per heavy atom. The minimum atomic E-state index is 0.0568. The average Bonchev–Trinajstić information content (AvgIpc) is 3.31. The summed E-state index contributed by atoms with van der Waals surface area (Å²) in [6.45, 7) is 7.10. The minimum absolute atomic E-state index is 0.0568. The molecule has 2 aromatic rings. The molecule has 0 spiro atoms. The Hall–Kier alpha value is -2.47. The number of nitrogens with one attached hydrogen (secondary N) is 1. The second-order valence-corrected chi connectivity index (χ2v) is 8.67. The Balaban J connectivity index is 1.21. The van der Waals surface area contributed by atoms with Crippen LogP contribution in [0.4, 0.5) is 5.95 Å². The first-order chi connectivity index (χ1) is 14.7. The fraction of sp³-hybridized carbons (Fsp3) is 0.542. The highest BCUT2D eigenvalue weighted by atomic mass is 16.1. The van der Waals surface area contributed by atoms with Gasteiger partial charge in [-0.25, -0.2) is 9.97 Å². The molecule has 30 heavy (non-hydrogen) atoms. The lowest BCUT2D eigenvalue weighted by molar-refractivity contribution is -0.123. The van der Waals surface area contributed by atoms with Crippen molar-refractivity contribution in [3.8, 4) is 0 Å². The van der Waals surface area contributed by atoms with Gasteiger partial charge in [-0.05, 0) is 63.2 Å². The largest absolute Gasteiger partial charge is 0.350 e. The van der Waals surface area contributed by atoms with Gasteiger partial charge in [0.2, 0.25) is 11.9 Å². The van der Waals surface area contributed by atoms with Crippen LogP contribution in [0.2, 0.25) is 0 Å². The summed E-state index contributed by atoms with van der Waals surface area (Å²) in [6.07, 6.45) is 7.12. The predicted molar refractivity (Wildman–Crippen MR) is 119 cm³/mol. The molecule has 1 amide bonds. The van der Waals surface area contributed by atoms with Crippen LogP contribution in [0.3, 0.4) is 0 Å². The predicted octanol–water partition coefficient (Wildman–Crippen LogP) is 3.56. The molecule has 2 aliphatic heterocycles. The van der Waals surface area contributed by atoms with Gasteiger partial charge in [0.25, 0.3) is 0 Å². The average molecular weight is 408 g/mol. The summed E-state index contributed by atoms with van der Waals surface area (Å²) >= 11 is 0. The van der Waals surface area contributed by atoms with Crippen LogP contribution < -0.4 is 10.2 Å². The zero-order valence-corrected chi connectivity index (χ0v) is 18.0. The lowest BCUT2D eigenvalue weighted by Crippen LogP contribution is -2.36. The van der Waals surface area contributed by atoms with E-state index in [0.717, 1.165) is 62.8 Å². The molecule has 1 aromatic heterocycles. The highest BCUT2D eigenvalue weighted by Crippen LogP contribution is 2.23. The lowest BCUT2D eigenvalue weighted by Gasteiger charge is -2.31. The molecule has 6 heteroatoms. The van der Waals surface area contributed by atoms with Crippen LogP contribution in [-0.2, 0) is 11.3 Å². The molecule has 6 nitrogen and oxygen atoms in total. The molecule has 0 radical (unpaired) electrons. The molecule has 1 unspecified atom stereocenters. The molecule has 1 N–H and O–H groups in total. The molecule has 3 heterocycles. The first-order valence-corrected chi connectivity index (χ1v) is 11.3. The van der Waals surface area contributed by atoms with Gasteiger partial charge in [-0.2, -0.15) is 0 Å². The second kappa shape index (κ2) is 10.0. The summed E-state index contributed by atoms with van der Waals surface area (Å²) in [5.74, 6) is 1.51. The number of amides is 1. The Bertz CT molecular complexity index is 813. The third-order valence-corrected chi connectivity index (χ3v) is 6.33. The van der Waals surface area contributed by atoms with Gasteiger partial charge < -0.3 is 10.2 Å². The molecule has 0 saturated carbocycles. The number of aromatic nitrogens is 2. The fourth-order valence-corrected chi connectivity index (χ4v) is 4.51. The van der Waals surface area contributed by atoms with Gasteiger partial charge in [0.05, 0.1) is 11.7 Å². The van der Waals surface area contributed by atoms with E-state index in [1.165, 1.54) is 12.8 Å². The Kier molecular flexibility index (Phi) is 6.95. The third-order valence-electron chi connectivity index (χ3n) is 6.33. The first-order valence-electron chi connectivity index (χ1n) is 11.3. The Labute approximate surface area is 179 Å². The monoisotopic (exact) mass is 407 g/mol. The number of rotatable bonds is 7. The van der Waals surface area contributed by atoms with E-state index >= 15 is 0 Å². The van der Waals surface area contributed by atoms with E-state index in [0.29, 0.717) is 12.3 Å². The van der Waals surface area contributed by atoms with Crippen LogP contribution >= 0.6 is 0 Å². The number of carbonyl (C=O) groups is 1. The van der Waals surface area contributed by atoms with E-state index in [4.69, 9.17) is 4.98 Å². The van der Waals surface area contributed by atoms with Crippen LogP contribution in [-0.4, -0.2) is 47.0 Å². The number of benzene rings is 1. The maximum Gasteiger partial charge on any atom is 0.225 e. The van der Waals surface area contributed by atoms with E-state index in [1.807, 2.05) is 37.4 Å². The molecule has 1 aromatic carbocycles. The zero-order valence-electron chi connectivity index (χ0n) is 18.0. The number of carbonyl (C=O) groups excluding carboxylic acids is 1. The topological polar surface area (TPSA) is 61.4 Å². The van der Waals surface area contributed by atoms with Gasteiger partial charge in [-0.3, -0.25) is 9.69 Å². The van der Waals surface area contributed by atoms with Crippen molar-refractivity contribution < 1.29 is 4.79 Å². The van der Waals surface area contributed by atoms with Crippen molar-refractivity contribution in [2.24, 2.45) is 5.92 Å². The normalized spacial score (nSPS) is 19.0. The molecule has 2 aliphatic rings. The second-order valence-electron chi connectivity index (χ2n) is 8.67. The summed E-state index contributed by atoms with van der Waals surface area (Å²) in [7, 11) is 0. The lowest BCUT2D eigenvalue weighted by atomic mass is 9.93. The molecule has 2 saturated heterocycles. The van der Waals surface area contributed by atoms with Gasteiger partial charge >= 0.3 is 0 Å². The SMILES string of the molecule is CC(NC(=O)CC1CCN(Cc2ccnc(N3CCCC3)n2)CC1)c1ccccc1. The first kappa shape index (κ1) is 20.8. The van der Waals surface area contributed by atoms with Gasteiger partial charge in [0.15, 0.2) is 0 Å². The van der Waals surface area contributed by atoms with Crippen molar-refractivity contribution in [3.63, 3.8) is 0 Å². The highest BCUT2D eigenvalue weighted by Gasteiger charge is 2.23. The summed E-state index contributed by atoms with van der Waals surface area (Å²) in [5, 5.41) is 3.15. The van der Waals surface area contributed by atoms with E-state index in [1.54, 1.807) is 0 Å². The minimum Gasteiger partial charge on any atom is -0.350 e. The molecule has 4 rings (SSSR count). The quantitative estimate of drug-likeness (QED) is 0.760. The van der Waals surface area contributed by atoms with Crippen molar-refractivity contribution in [2.45, 2.75) is 51.6 Å². The molecule has 2 fully saturated rings. The summed E-state index contributed by atoms with van der Waals surface area (Å²) in [6, 6.07) is 12.2. The number of piperidine rings is 1. The summed E-state index contributed by atoms with van der Waals surface area (Å²) in [4.78, 5) is 26.5. The smallest absolute Gasteiger partial charge is 0.225 e. The fourth-order valence-electron chi connectivity index (χ4n) is 4.51. The summed E-state index contributed by atoms with van der Waals surface area (Å²) < 4.78 is 0. The van der Waals surface area contributed by atoms with Crippen LogP contribution in [0.15, 0.2) is 42.6 Å². The molecular formula is C24H33N5O. The third kappa shape index (κ3) is 5.57. The number of hydrogen-bond acceptors (Lipinski definition) is 5. The van der Waals surface area contributed by atoms with Crippen LogP contribution in [0.5, 0.6) is 0 Å². The standard InChI is InChI=1S/C24H33N5O/c1-19(21-7-3-2-4-8-21)26-23(30)17-20-10-15-28(16-11-20)18-22-9-12-25-24(27-22)29-13-5-6-14-29/h2-4,7-9,12,19-20H,5-6,10-11,13-18H2,1H3,(H,26,30). The number of anilines is 1.